The summed E-state index contributed by atoms with van der Waals surface area (Å²) in [6, 6.07) is 4.73. The van der Waals surface area contributed by atoms with Crippen LogP contribution in [0.5, 0.6) is 0 Å². The topological polar surface area (TPSA) is 108 Å². The monoisotopic (exact) mass is 324 g/mol. The zero-order valence-corrected chi connectivity index (χ0v) is 12.9. The number of benzene rings is 1. The maximum absolute atomic E-state index is 10.8. The average molecular weight is 325 g/mol. The fourth-order valence-electron chi connectivity index (χ4n) is 2.77. The lowest BCUT2D eigenvalue weighted by Crippen LogP contribution is -2.34. The quantitative estimate of drug-likeness (QED) is 0.686. The first-order chi connectivity index (χ1) is 9.99. The number of hydrogen-bond donors (Lipinski definition) is 1. The molecule has 1 aromatic carbocycles. The van der Waals surface area contributed by atoms with Crippen LogP contribution in [-0.2, 0) is 5.54 Å². The Kier molecular flexibility index (Phi) is 4.48. The molecule has 1 saturated carbocycles. The molecule has 0 amide bonds. The Hall–Kier alpha value is -1.99. The van der Waals surface area contributed by atoms with Gasteiger partial charge in [-0.2, -0.15) is 4.98 Å². The van der Waals surface area contributed by atoms with Crippen molar-refractivity contribution in [1.29, 1.82) is 0 Å². The number of nitrogens with two attached hydrogens (primary N) is 1. The number of aryl methyl sites for hydroxylation is 1. The molecule has 22 heavy (non-hydrogen) atoms. The van der Waals surface area contributed by atoms with Crippen molar-refractivity contribution in [3.05, 3.63) is 39.7 Å². The van der Waals surface area contributed by atoms with Crippen molar-refractivity contribution in [2.75, 3.05) is 0 Å². The van der Waals surface area contributed by atoms with Crippen LogP contribution < -0.4 is 5.73 Å². The van der Waals surface area contributed by atoms with E-state index in [4.69, 9.17) is 10.3 Å². The second-order valence-corrected chi connectivity index (χ2v) is 5.54. The van der Waals surface area contributed by atoms with Crippen molar-refractivity contribution < 1.29 is 9.45 Å². The molecule has 8 heteroatoms. The Bertz CT molecular complexity index is 695. The van der Waals surface area contributed by atoms with Gasteiger partial charge < -0.3 is 10.3 Å². The van der Waals surface area contributed by atoms with Crippen molar-refractivity contribution in [3.63, 3.8) is 0 Å². The van der Waals surface area contributed by atoms with Gasteiger partial charge in [0.2, 0.25) is 0 Å². The molecule has 7 nitrogen and oxygen atoms in total. The van der Waals surface area contributed by atoms with E-state index in [2.05, 4.69) is 10.1 Å². The Morgan fingerprint density at radius 1 is 1.36 bits per heavy atom. The molecule has 2 N–H and O–H groups in total. The first-order valence-corrected chi connectivity index (χ1v) is 6.88. The van der Waals surface area contributed by atoms with Crippen molar-refractivity contribution >= 4 is 18.1 Å². The molecule has 0 aliphatic heterocycles. The van der Waals surface area contributed by atoms with Crippen LogP contribution >= 0.6 is 12.4 Å². The molecule has 1 aliphatic rings. The predicted molar refractivity (Wildman–Crippen MR) is 82.7 cm³/mol. The number of aromatic nitrogens is 2. The highest BCUT2D eigenvalue weighted by Crippen LogP contribution is 2.35. The molecule has 0 saturated heterocycles. The van der Waals surface area contributed by atoms with Gasteiger partial charge >= 0.3 is 0 Å². The molecule has 118 valence electrons. The van der Waals surface area contributed by atoms with Crippen molar-refractivity contribution in [2.24, 2.45) is 5.73 Å². The Balaban J connectivity index is 0.00000176. The third-order valence-electron chi connectivity index (χ3n) is 4.01. The van der Waals surface area contributed by atoms with E-state index in [1.807, 2.05) is 0 Å². The molecule has 2 aromatic rings. The maximum Gasteiger partial charge on any atom is 0.272 e. The number of nitro benzene ring substituents is 1. The predicted octanol–water partition coefficient (Wildman–Crippen LogP) is 3.10. The second-order valence-electron chi connectivity index (χ2n) is 5.54. The first-order valence-electron chi connectivity index (χ1n) is 6.88. The Morgan fingerprint density at radius 2 is 2.05 bits per heavy atom. The summed E-state index contributed by atoms with van der Waals surface area (Å²) in [6.45, 7) is 1.68. The summed E-state index contributed by atoms with van der Waals surface area (Å²) in [5, 5.41) is 14.8. The Labute approximate surface area is 133 Å². The summed E-state index contributed by atoms with van der Waals surface area (Å²) >= 11 is 0. The molecule has 0 radical (unpaired) electrons. The van der Waals surface area contributed by atoms with E-state index < -0.39 is 10.5 Å². The third kappa shape index (κ3) is 2.82. The molecule has 1 heterocycles. The smallest absolute Gasteiger partial charge is 0.272 e. The van der Waals surface area contributed by atoms with Crippen LogP contribution in [0.15, 0.2) is 22.7 Å². The van der Waals surface area contributed by atoms with Crippen LogP contribution in [0.4, 0.5) is 5.69 Å². The van der Waals surface area contributed by atoms with E-state index in [-0.39, 0.29) is 18.1 Å². The molecule has 0 unspecified atom stereocenters. The minimum Gasteiger partial charge on any atom is -0.334 e. The summed E-state index contributed by atoms with van der Waals surface area (Å²) in [5.74, 6) is 0.866. The summed E-state index contributed by atoms with van der Waals surface area (Å²) in [4.78, 5) is 14.8. The van der Waals surface area contributed by atoms with Gasteiger partial charge in [-0.15, -0.1) is 12.4 Å². The van der Waals surface area contributed by atoms with Crippen LogP contribution in [0.3, 0.4) is 0 Å². The van der Waals surface area contributed by atoms with Gasteiger partial charge in [0.1, 0.15) is 0 Å². The second kappa shape index (κ2) is 6.02. The minimum atomic E-state index is -0.502. The van der Waals surface area contributed by atoms with E-state index in [9.17, 15) is 10.1 Å². The van der Waals surface area contributed by atoms with Crippen molar-refractivity contribution in [3.8, 4) is 11.5 Å². The van der Waals surface area contributed by atoms with Gasteiger partial charge in [-0.3, -0.25) is 10.1 Å². The summed E-state index contributed by atoms with van der Waals surface area (Å²) in [6.07, 6.45) is 3.84. The lowest BCUT2D eigenvalue weighted by molar-refractivity contribution is -0.385. The zero-order valence-electron chi connectivity index (χ0n) is 12.1. The van der Waals surface area contributed by atoms with Crippen LogP contribution in [-0.4, -0.2) is 15.1 Å². The molecular formula is C14H17ClN4O3. The van der Waals surface area contributed by atoms with Crippen LogP contribution in [0.2, 0.25) is 0 Å². The molecule has 0 atom stereocenters. The molecule has 3 rings (SSSR count). The van der Waals surface area contributed by atoms with E-state index >= 15 is 0 Å². The molecule has 0 spiro atoms. The van der Waals surface area contributed by atoms with E-state index in [1.54, 1.807) is 19.1 Å². The largest absolute Gasteiger partial charge is 0.334 e. The average Bonchev–Trinajstić information content (AvgIpc) is 3.07. The summed E-state index contributed by atoms with van der Waals surface area (Å²) in [7, 11) is 0. The highest BCUT2D eigenvalue weighted by molar-refractivity contribution is 5.85. The Morgan fingerprint density at radius 3 is 2.64 bits per heavy atom. The number of hydrogen-bond acceptors (Lipinski definition) is 6. The van der Waals surface area contributed by atoms with Gasteiger partial charge in [-0.1, -0.05) is 18.0 Å². The van der Waals surface area contributed by atoms with Crippen LogP contribution in [0.25, 0.3) is 11.5 Å². The van der Waals surface area contributed by atoms with Gasteiger partial charge in [0, 0.05) is 17.2 Å². The van der Waals surface area contributed by atoms with E-state index in [0.717, 1.165) is 25.7 Å². The van der Waals surface area contributed by atoms with E-state index in [1.165, 1.54) is 6.07 Å². The molecule has 0 bridgehead atoms. The van der Waals surface area contributed by atoms with Crippen molar-refractivity contribution in [2.45, 2.75) is 38.1 Å². The van der Waals surface area contributed by atoms with Gasteiger partial charge in [0.05, 0.1) is 10.5 Å². The number of halogens is 1. The highest BCUT2D eigenvalue weighted by Gasteiger charge is 2.36. The van der Waals surface area contributed by atoms with Crippen LogP contribution in [0, 0.1) is 17.0 Å². The maximum atomic E-state index is 10.8. The fourth-order valence-corrected chi connectivity index (χ4v) is 2.77. The van der Waals surface area contributed by atoms with Crippen molar-refractivity contribution in [1.82, 2.24) is 10.1 Å². The van der Waals surface area contributed by atoms with Gasteiger partial charge in [0.15, 0.2) is 5.82 Å². The molecule has 1 fully saturated rings. The standard InChI is InChI=1S/C14H16N4O3.ClH/c1-9-8-10(4-5-11(9)18(19)20)12-16-13(17-21-12)14(15)6-2-3-7-14;/h4-5,8H,2-3,6-7,15H2,1H3;1H. The van der Waals surface area contributed by atoms with Gasteiger partial charge in [0.25, 0.3) is 11.6 Å². The molecular weight excluding hydrogens is 308 g/mol. The number of rotatable bonds is 3. The first kappa shape index (κ1) is 16.4. The summed E-state index contributed by atoms with van der Waals surface area (Å²) in [5.41, 5.74) is 7.08. The molecule has 1 aromatic heterocycles. The zero-order chi connectivity index (χ0) is 15.0. The number of nitrogens with zero attached hydrogens (tertiary/aromatic N) is 3. The number of nitro groups is 1. The lowest BCUT2D eigenvalue weighted by atomic mass is 9.98. The van der Waals surface area contributed by atoms with Crippen LogP contribution in [0.1, 0.15) is 37.1 Å². The lowest BCUT2D eigenvalue weighted by Gasteiger charge is -2.17. The fraction of sp³-hybridized carbons (Fsp3) is 0.429. The minimum absolute atomic E-state index is 0. The summed E-state index contributed by atoms with van der Waals surface area (Å²) < 4.78 is 5.27. The van der Waals surface area contributed by atoms with Gasteiger partial charge in [-0.05, 0) is 31.9 Å². The molecule has 1 aliphatic carbocycles. The SMILES string of the molecule is Cc1cc(-c2nc(C3(N)CCCC3)no2)ccc1[N+](=O)[O-].Cl. The highest BCUT2D eigenvalue weighted by atomic mass is 35.5. The van der Waals surface area contributed by atoms with E-state index in [0.29, 0.717) is 22.8 Å². The normalized spacial score (nSPS) is 16.3. The van der Waals surface area contributed by atoms with Gasteiger partial charge in [-0.25, -0.2) is 0 Å². The third-order valence-corrected chi connectivity index (χ3v) is 4.01.